The van der Waals surface area contributed by atoms with Gasteiger partial charge in [-0.2, -0.15) is 0 Å². The fourth-order valence-corrected chi connectivity index (χ4v) is 3.08. The van der Waals surface area contributed by atoms with Gasteiger partial charge in [-0.25, -0.2) is 0 Å². The molecule has 4 nitrogen and oxygen atoms in total. The van der Waals surface area contributed by atoms with Crippen molar-refractivity contribution in [1.29, 1.82) is 0 Å². The first-order valence-electron chi connectivity index (χ1n) is 4.84. The summed E-state index contributed by atoms with van der Waals surface area (Å²) in [6, 6.07) is 9.26. The maximum Gasteiger partial charge on any atom is -0.0183 e. The van der Waals surface area contributed by atoms with Crippen molar-refractivity contribution in [3.63, 3.8) is 0 Å². The normalized spacial score (nSPS) is 13.8. The molecule has 1 aromatic rings. The van der Waals surface area contributed by atoms with E-state index in [1.807, 2.05) is 37.3 Å². The van der Waals surface area contributed by atoms with Crippen LogP contribution in [0.1, 0.15) is 24.8 Å². The third kappa shape index (κ3) is 4.06. The van der Waals surface area contributed by atoms with Crippen LogP contribution in [0.3, 0.4) is 0 Å². The lowest BCUT2D eigenvalue weighted by molar-refractivity contribution is -0.307. The van der Waals surface area contributed by atoms with E-state index in [4.69, 9.17) is 0 Å². The number of hydrogen-bond acceptors (Lipinski definition) is 4. The van der Waals surface area contributed by atoms with Crippen molar-refractivity contribution >= 4 is 16.8 Å². The van der Waals surface area contributed by atoms with Gasteiger partial charge in [0.15, 0.2) is 0 Å². The topological polar surface area (TPSA) is 92.2 Å². The third-order valence-corrected chi connectivity index (χ3v) is 4.95. The Bertz CT molecular complexity index is 297. The minimum atomic E-state index is -2.92. The summed E-state index contributed by atoms with van der Waals surface area (Å²) in [7, 11) is -5.84. The first kappa shape index (κ1) is 14.0. The van der Waals surface area contributed by atoms with Gasteiger partial charge in [0.05, 0.1) is 0 Å². The SMILES string of the molecule is CC(CC(P([O-])[O-])P([O-])[O-])c1ccccc1. The molecule has 0 aliphatic heterocycles. The molecule has 1 unspecified atom stereocenters. The molecule has 0 aliphatic carbocycles. The van der Waals surface area contributed by atoms with Gasteiger partial charge in [0.25, 0.3) is 0 Å². The zero-order valence-electron chi connectivity index (χ0n) is 8.78. The zero-order valence-corrected chi connectivity index (χ0v) is 10.6. The van der Waals surface area contributed by atoms with E-state index in [-0.39, 0.29) is 12.3 Å². The Balaban J connectivity index is 2.65. The second-order valence-electron chi connectivity index (χ2n) is 3.60. The van der Waals surface area contributed by atoms with Crippen LogP contribution in [0.2, 0.25) is 0 Å². The van der Waals surface area contributed by atoms with E-state index >= 15 is 0 Å². The molecule has 0 saturated heterocycles. The summed E-state index contributed by atoms with van der Waals surface area (Å²) in [5, 5.41) is -1.26. The van der Waals surface area contributed by atoms with Crippen LogP contribution in [0, 0.1) is 0 Å². The van der Waals surface area contributed by atoms with Gasteiger partial charge in [0.2, 0.25) is 0 Å². The molecule has 0 spiro atoms. The molecule has 16 heavy (non-hydrogen) atoms. The van der Waals surface area contributed by atoms with E-state index in [0.29, 0.717) is 0 Å². The van der Waals surface area contributed by atoms with Crippen LogP contribution in [0.25, 0.3) is 0 Å². The molecular formula is C10H12O4P2-4. The van der Waals surface area contributed by atoms with Crippen molar-refractivity contribution in [2.24, 2.45) is 0 Å². The maximum atomic E-state index is 10.8. The van der Waals surface area contributed by atoms with Crippen LogP contribution >= 0.6 is 16.8 Å². The van der Waals surface area contributed by atoms with E-state index < -0.39 is 22.2 Å². The lowest BCUT2D eigenvalue weighted by Crippen LogP contribution is -2.29. The zero-order chi connectivity index (χ0) is 12.1. The molecule has 0 aromatic heterocycles. The minimum absolute atomic E-state index is 0.0907. The molecule has 6 heteroatoms. The molecule has 1 atom stereocenters. The van der Waals surface area contributed by atoms with Crippen LogP contribution in [0.5, 0.6) is 0 Å². The smallest absolute Gasteiger partial charge is 0.0183 e. The largest absolute Gasteiger partial charge is 0.841 e. The molecule has 0 radical (unpaired) electrons. The van der Waals surface area contributed by atoms with Gasteiger partial charge in [-0.3, -0.25) is 0 Å². The van der Waals surface area contributed by atoms with Gasteiger partial charge in [-0.1, -0.05) is 42.7 Å². The first-order valence-corrected chi connectivity index (χ1v) is 7.33. The highest BCUT2D eigenvalue weighted by Crippen LogP contribution is 2.44. The summed E-state index contributed by atoms with van der Waals surface area (Å²) in [6.07, 6.45) is 0.113. The molecule has 1 rings (SSSR count). The van der Waals surface area contributed by atoms with Crippen molar-refractivity contribution in [2.75, 3.05) is 0 Å². The van der Waals surface area contributed by atoms with Gasteiger partial charge >= 0.3 is 0 Å². The second kappa shape index (κ2) is 6.61. The molecule has 90 valence electrons. The van der Waals surface area contributed by atoms with E-state index in [9.17, 15) is 19.6 Å². The Morgan fingerprint density at radius 3 is 1.94 bits per heavy atom. The van der Waals surface area contributed by atoms with E-state index in [1.165, 1.54) is 0 Å². The quantitative estimate of drug-likeness (QED) is 0.670. The molecule has 0 N–H and O–H groups in total. The lowest BCUT2D eigenvalue weighted by Gasteiger charge is -2.53. The van der Waals surface area contributed by atoms with Gasteiger partial charge in [0.1, 0.15) is 0 Å². The molecular weight excluding hydrogens is 246 g/mol. The van der Waals surface area contributed by atoms with Crippen molar-refractivity contribution < 1.29 is 19.6 Å². The highest BCUT2D eigenvalue weighted by Gasteiger charge is 2.10. The maximum absolute atomic E-state index is 10.8. The molecule has 1 aromatic carbocycles. The van der Waals surface area contributed by atoms with E-state index in [0.717, 1.165) is 5.56 Å². The monoisotopic (exact) mass is 258 g/mol. The number of rotatable bonds is 5. The van der Waals surface area contributed by atoms with Gasteiger partial charge < -0.3 is 36.3 Å². The molecule has 0 aliphatic rings. The fraction of sp³-hybridized carbons (Fsp3) is 0.400. The molecule has 0 amide bonds. The Morgan fingerprint density at radius 1 is 1.00 bits per heavy atom. The van der Waals surface area contributed by atoms with Crippen molar-refractivity contribution in [1.82, 2.24) is 0 Å². The van der Waals surface area contributed by atoms with E-state index in [2.05, 4.69) is 0 Å². The summed E-state index contributed by atoms with van der Waals surface area (Å²) < 4.78 is 0. The van der Waals surface area contributed by atoms with Crippen LogP contribution in [-0.2, 0) is 0 Å². The Kier molecular flexibility index (Phi) is 5.77. The minimum Gasteiger partial charge on any atom is -0.841 e. The van der Waals surface area contributed by atoms with Crippen LogP contribution in [0.15, 0.2) is 30.3 Å². The van der Waals surface area contributed by atoms with Gasteiger partial charge in [-0.05, 0) is 17.9 Å². The molecule has 0 fully saturated rings. The fourth-order valence-electron chi connectivity index (χ4n) is 1.48. The van der Waals surface area contributed by atoms with Crippen LogP contribution < -0.4 is 19.6 Å². The summed E-state index contributed by atoms with van der Waals surface area (Å²) in [5.41, 5.74) is 0.946. The molecule has 0 saturated carbocycles. The lowest BCUT2D eigenvalue weighted by atomic mass is 9.99. The standard InChI is InChI=1S/C10H12O4P2/c1-8(9-5-3-2-4-6-9)7-10(15(11)12)16(13)14/h2-6,8,10H,7H2,1H3/q-4. The Labute approximate surface area is 97.4 Å². The number of hydrogen-bond donors (Lipinski definition) is 0. The predicted octanol–water partition coefficient (Wildman–Crippen LogP) is -0.429. The van der Waals surface area contributed by atoms with E-state index in [1.54, 1.807) is 0 Å². The second-order valence-corrected chi connectivity index (χ2v) is 6.39. The first-order chi connectivity index (χ1) is 7.52. The van der Waals surface area contributed by atoms with Crippen molar-refractivity contribution in [3.8, 4) is 0 Å². The predicted molar refractivity (Wildman–Crippen MR) is 57.1 cm³/mol. The summed E-state index contributed by atoms with van der Waals surface area (Å²) in [6.45, 7) is 1.82. The average molecular weight is 258 g/mol. The molecule has 0 heterocycles. The number of benzene rings is 1. The van der Waals surface area contributed by atoms with Crippen LogP contribution in [0.4, 0.5) is 0 Å². The summed E-state index contributed by atoms with van der Waals surface area (Å²) in [4.78, 5) is 43.0. The summed E-state index contributed by atoms with van der Waals surface area (Å²) in [5.74, 6) is -0.0907. The summed E-state index contributed by atoms with van der Waals surface area (Å²) >= 11 is 0. The Morgan fingerprint density at radius 2 is 1.50 bits per heavy atom. The van der Waals surface area contributed by atoms with Gasteiger partial charge in [0, 0.05) is 0 Å². The molecule has 0 bridgehead atoms. The van der Waals surface area contributed by atoms with Crippen molar-refractivity contribution in [2.45, 2.75) is 24.7 Å². The highest BCUT2D eigenvalue weighted by atomic mass is 31.2. The van der Waals surface area contributed by atoms with Gasteiger partial charge in [-0.15, -0.1) is 0 Å². The average Bonchev–Trinajstić information content (AvgIpc) is 2.25. The van der Waals surface area contributed by atoms with Crippen molar-refractivity contribution in [3.05, 3.63) is 35.9 Å². The Hall–Kier alpha value is -0.0800. The highest BCUT2D eigenvalue weighted by molar-refractivity contribution is 7.61. The third-order valence-electron chi connectivity index (χ3n) is 2.42. The van der Waals surface area contributed by atoms with Crippen LogP contribution in [-0.4, -0.2) is 5.40 Å².